The number of amides is 1. The molecule has 0 aliphatic carbocycles. The molecule has 1 unspecified atom stereocenters. The van der Waals surface area contributed by atoms with Gasteiger partial charge in [-0.05, 0) is 20.3 Å². The van der Waals surface area contributed by atoms with Gasteiger partial charge in [0.2, 0.25) is 6.79 Å². The monoisotopic (exact) mass is 506 g/mol. The standard InChI is InChI=1S/C10H12N2O5.C9H18O3.C7H8/c1-6(13)16-5-17-9-7(15-2)3-4-12-8(9)10(11)14;1-4-6-11-8(3)7-12-9(10)5-2;1-7-5-3-2-4-6-7/h3-4H,5H2,1-2H3,(H2,11,14);8H,4-7H2,1-3H3;2-6H,1H3. The zero-order valence-corrected chi connectivity index (χ0v) is 21.9. The average Bonchev–Trinajstić information content (AvgIpc) is 2.86. The van der Waals surface area contributed by atoms with E-state index in [0.29, 0.717) is 13.0 Å². The molecular formula is C26H38N2O8. The Morgan fingerprint density at radius 3 is 2.19 bits per heavy atom. The van der Waals surface area contributed by atoms with Gasteiger partial charge < -0.3 is 29.4 Å². The maximum atomic E-state index is 11.1. The number of nitrogens with zero attached hydrogens (tertiary/aromatic N) is 1. The third-order valence-electron chi connectivity index (χ3n) is 4.10. The summed E-state index contributed by atoms with van der Waals surface area (Å²) in [5, 5.41) is 0. The predicted octanol–water partition coefficient (Wildman–Crippen LogP) is 3.84. The minimum absolute atomic E-state index is 0.0143. The lowest BCUT2D eigenvalue weighted by molar-refractivity contribution is -0.148. The van der Waals surface area contributed by atoms with Crippen LogP contribution >= 0.6 is 0 Å². The Kier molecular flexibility index (Phi) is 17.6. The van der Waals surface area contributed by atoms with Crippen LogP contribution in [0.1, 0.15) is 56.6 Å². The zero-order valence-electron chi connectivity index (χ0n) is 21.9. The molecule has 1 aromatic heterocycles. The summed E-state index contributed by atoms with van der Waals surface area (Å²) in [7, 11) is 1.40. The Morgan fingerprint density at radius 2 is 1.72 bits per heavy atom. The van der Waals surface area contributed by atoms with Crippen LogP contribution in [0.2, 0.25) is 0 Å². The average molecular weight is 507 g/mol. The molecule has 0 aliphatic heterocycles. The summed E-state index contributed by atoms with van der Waals surface area (Å²) >= 11 is 0. The number of pyridine rings is 1. The number of nitrogens with two attached hydrogens (primary N) is 1. The van der Waals surface area contributed by atoms with Gasteiger partial charge in [0.15, 0.2) is 17.2 Å². The molecule has 2 N–H and O–H groups in total. The van der Waals surface area contributed by atoms with Crippen molar-refractivity contribution in [2.24, 2.45) is 5.73 Å². The lowest BCUT2D eigenvalue weighted by Gasteiger charge is -2.12. The van der Waals surface area contributed by atoms with Gasteiger partial charge in [-0.2, -0.15) is 0 Å². The zero-order chi connectivity index (χ0) is 27.3. The van der Waals surface area contributed by atoms with E-state index in [1.54, 1.807) is 6.92 Å². The third-order valence-corrected chi connectivity index (χ3v) is 4.10. The summed E-state index contributed by atoms with van der Waals surface area (Å²) in [6.45, 7) is 9.79. The molecule has 1 atom stereocenters. The summed E-state index contributed by atoms with van der Waals surface area (Å²) in [6, 6.07) is 11.8. The Balaban J connectivity index is 0.000000558. The van der Waals surface area contributed by atoms with Gasteiger partial charge in [0, 0.05) is 32.2 Å². The van der Waals surface area contributed by atoms with Crippen LogP contribution in [0, 0.1) is 6.92 Å². The molecule has 200 valence electrons. The molecule has 0 spiro atoms. The highest BCUT2D eigenvalue weighted by molar-refractivity contribution is 5.94. The van der Waals surface area contributed by atoms with E-state index in [-0.39, 0.29) is 36.1 Å². The van der Waals surface area contributed by atoms with Crippen molar-refractivity contribution in [1.29, 1.82) is 0 Å². The van der Waals surface area contributed by atoms with Crippen LogP contribution < -0.4 is 15.2 Å². The normalized spacial score (nSPS) is 10.4. The van der Waals surface area contributed by atoms with Gasteiger partial charge in [0.1, 0.15) is 6.61 Å². The molecule has 36 heavy (non-hydrogen) atoms. The smallest absolute Gasteiger partial charge is 0.305 e. The van der Waals surface area contributed by atoms with E-state index in [0.717, 1.165) is 13.0 Å². The van der Waals surface area contributed by atoms with Gasteiger partial charge in [-0.1, -0.05) is 49.7 Å². The highest BCUT2D eigenvalue weighted by Crippen LogP contribution is 2.29. The van der Waals surface area contributed by atoms with Gasteiger partial charge >= 0.3 is 11.9 Å². The molecular weight excluding hydrogens is 468 g/mol. The van der Waals surface area contributed by atoms with Crippen LogP contribution in [0.4, 0.5) is 0 Å². The number of ether oxygens (including phenoxy) is 5. The number of rotatable bonds is 11. The highest BCUT2D eigenvalue weighted by Gasteiger charge is 2.16. The SMILES string of the molecule is CCCOC(C)COC(=O)CC.COc1ccnc(C(N)=O)c1OCOC(C)=O.Cc1ccccc1. The van der Waals surface area contributed by atoms with Crippen molar-refractivity contribution < 1.29 is 38.1 Å². The third kappa shape index (κ3) is 15.3. The number of carbonyl (C=O) groups is 3. The van der Waals surface area contributed by atoms with E-state index in [1.807, 2.05) is 32.0 Å². The topological polar surface area (TPSA) is 136 Å². The van der Waals surface area contributed by atoms with Crippen molar-refractivity contribution in [3.63, 3.8) is 0 Å². The van der Waals surface area contributed by atoms with E-state index >= 15 is 0 Å². The van der Waals surface area contributed by atoms with Crippen molar-refractivity contribution in [2.75, 3.05) is 27.1 Å². The molecule has 10 nitrogen and oxygen atoms in total. The van der Waals surface area contributed by atoms with Crippen molar-refractivity contribution in [2.45, 2.75) is 53.6 Å². The number of primary amides is 1. The van der Waals surface area contributed by atoms with Crippen LogP contribution in [0.3, 0.4) is 0 Å². The molecule has 0 saturated carbocycles. The summed E-state index contributed by atoms with van der Waals surface area (Å²) in [4.78, 5) is 36.1. The number of benzene rings is 1. The van der Waals surface area contributed by atoms with Gasteiger partial charge in [-0.25, -0.2) is 4.98 Å². The number of aryl methyl sites for hydroxylation is 1. The number of aromatic nitrogens is 1. The lowest BCUT2D eigenvalue weighted by atomic mass is 10.2. The first-order chi connectivity index (χ1) is 17.2. The van der Waals surface area contributed by atoms with Crippen molar-refractivity contribution in [3.8, 4) is 11.5 Å². The van der Waals surface area contributed by atoms with Crippen LogP contribution in [0.25, 0.3) is 0 Å². The second-order valence-corrected chi connectivity index (χ2v) is 7.33. The Hall–Kier alpha value is -3.66. The van der Waals surface area contributed by atoms with Crippen LogP contribution in [0.5, 0.6) is 11.5 Å². The quantitative estimate of drug-likeness (QED) is 0.356. The van der Waals surface area contributed by atoms with Crippen LogP contribution in [0.15, 0.2) is 42.6 Å². The Morgan fingerprint density at radius 1 is 1.06 bits per heavy atom. The number of carbonyl (C=O) groups excluding carboxylic acids is 3. The number of hydrogen-bond acceptors (Lipinski definition) is 9. The first kappa shape index (κ1) is 32.3. The molecule has 0 saturated heterocycles. The predicted molar refractivity (Wildman–Crippen MR) is 135 cm³/mol. The van der Waals surface area contributed by atoms with Crippen molar-refractivity contribution >= 4 is 17.8 Å². The fraction of sp³-hybridized carbons (Fsp3) is 0.462. The van der Waals surface area contributed by atoms with Gasteiger partial charge in [0.25, 0.3) is 5.91 Å². The lowest BCUT2D eigenvalue weighted by Crippen LogP contribution is -2.18. The van der Waals surface area contributed by atoms with E-state index in [9.17, 15) is 14.4 Å². The summed E-state index contributed by atoms with van der Waals surface area (Å²) < 4.78 is 24.9. The molecule has 1 heterocycles. The largest absolute Gasteiger partial charge is 0.493 e. The number of methoxy groups -OCH3 is 1. The minimum atomic E-state index is -0.762. The van der Waals surface area contributed by atoms with Gasteiger partial charge in [-0.15, -0.1) is 0 Å². The number of hydrogen-bond donors (Lipinski definition) is 1. The first-order valence-corrected chi connectivity index (χ1v) is 11.5. The Labute approximate surface area is 213 Å². The second-order valence-electron chi connectivity index (χ2n) is 7.33. The molecule has 0 aliphatic rings. The molecule has 10 heteroatoms. The van der Waals surface area contributed by atoms with Crippen LogP contribution in [-0.2, 0) is 23.8 Å². The second kappa shape index (κ2) is 19.6. The highest BCUT2D eigenvalue weighted by atomic mass is 16.7. The molecule has 1 amide bonds. The summed E-state index contributed by atoms with van der Waals surface area (Å²) in [6.07, 6.45) is 2.80. The minimum Gasteiger partial charge on any atom is -0.493 e. The van der Waals surface area contributed by atoms with Crippen LogP contribution in [-0.4, -0.2) is 56.1 Å². The summed E-state index contributed by atoms with van der Waals surface area (Å²) in [5.41, 5.74) is 6.36. The number of esters is 2. The van der Waals surface area contributed by atoms with Gasteiger partial charge in [-0.3, -0.25) is 14.4 Å². The Bertz CT molecular complexity index is 906. The fourth-order valence-electron chi connectivity index (χ4n) is 2.29. The van der Waals surface area contributed by atoms with Crippen molar-refractivity contribution in [1.82, 2.24) is 4.98 Å². The summed E-state index contributed by atoms with van der Waals surface area (Å²) in [5.74, 6) is -1.11. The van der Waals surface area contributed by atoms with E-state index in [4.69, 9.17) is 24.7 Å². The fourth-order valence-corrected chi connectivity index (χ4v) is 2.29. The van der Waals surface area contributed by atoms with E-state index in [2.05, 4.69) is 28.8 Å². The van der Waals surface area contributed by atoms with Gasteiger partial charge in [0.05, 0.1) is 13.2 Å². The molecule has 2 aromatic rings. The van der Waals surface area contributed by atoms with E-state index < -0.39 is 11.9 Å². The van der Waals surface area contributed by atoms with E-state index in [1.165, 1.54) is 31.9 Å². The molecule has 0 fully saturated rings. The molecule has 0 radical (unpaired) electrons. The maximum absolute atomic E-state index is 11.1. The first-order valence-electron chi connectivity index (χ1n) is 11.5. The van der Waals surface area contributed by atoms with Crippen molar-refractivity contribution in [3.05, 3.63) is 53.9 Å². The molecule has 1 aromatic carbocycles. The molecule has 0 bridgehead atoms. The molecule has 2 rings (SSSR count). The maximum Gasteiger partial charge on any atom is 0.305 e.